The number of hydrogen-bond acceptors (Lipinski definition) is 2. The van der Waals surface area contributed by atoms with Crippen LogP contribution in [0.1, 0.15) is 25.3 Å². The molecule has 0 spiro atoms. The van der Waals surface area contributed by atoms with E-state index in [9.17, 15) is 4.79 Å². The van der Waals surface area contributed by atoms with Crippen LogP contribution in [0.4, 0.5) is 5.69 Å². The molecule has 15 heavy (non-hydrogen) atoms. The van der Waals surface area contributed by atoms with E-state index in [1.165, 1.54) is 0 Å². The molecule has 1 unspecified atom stereocenters. The first-order valence-corrected chi connectivity index (χ1v) is 5.19. The number of carbonyl (C=O) groups is 1. The Kier molecular flexibility index (Phi) is 2.39. The second-order valence-electron chi connectivity index (χ2n) is 3.77. The maximum atomic E-state index is 11.7. The summed E-state index contributed by atoms with van der Waals surface area (Å²) in [4.78, 5) is 13.4. The summed E-state index contributed by atoms with van der Waals surface area (Å²) in [6.07, 6.45) is 0. The van der Waals surface area contributed by atoms with Gasteiger partial charge in [0.05, 0.1) is 12.5 Å². The minimum absolute atomic E-state index is 0.0505. The number of anilines is 1. The van der Waals surface area contributed by atoms with E-state index in [1.54, 1.807) is 4.90 Å². The van der Waals surface area contributed by atoms with Gasteiger partial charge in [-0.3, -0.25) is 4.79 Å². The van der Waals surface area contributed by atoms with Crippen LogP contribution in [-0.4, -0.2) is 19.6 Å². The van der Waals surface area contributed by atoms with Crippen molar-refractivity contribution in [2.24, 2.45) is 0 Å². The third-order valence-corrected chi connectivity index (χ3v) is 2.84. The van der Waals surface area contributed by atoms with Crippen LogP contribution in [0.25, 0.3) is 0 Å². The Morgan fingerprint density at radius 1 is 1.47 bits per heavy atom. The van der Waals surface area contributed by atoms with Crippen LogP contribution < -0.4 is 9.64 Å². The van der Waals surface area contributed by atoms with Gasteiger partial charge in [-0.1, -0.05) is 0 Å². The zero-order chi connectivity index (χ0) is 11.0. The summed E-state index contributed by atoms with van der Waals surface area (Å²) < 4.78 is 5.42. The molecule has 1 heterocycles. The van der Waals surface area contributed by atoms with Crippen LogP contribution in [0.5, 0.6) is 5.75 Å². The summed E-state index contributed by atoms with van der Waals surface area (Å²) >= 11 is 0. The average Bonchev–Trinajstić information content (AvgIpc) is 2.45. The van der Waals surface area contributed by atoms with Crippen LogP contribution in [0, 0.1) is 0 Å². The van der Waals surface area contributed by atoms with Gasteiger partial charge in [-0.15, -0.1) is 0 Å². The molecule has 0 bridgehead atoms. The van der Waals surface area contributed by atoms with Crippen molar-refractivity contribution in [1.82, 2.24) is 0 Å². The van der Waals surface area contributed by atoms with Crippen molar-refractivity contribution in [3.8, 4) is 5.75 Å². The van der Waals surface area contributed by atoms with E-state index in [2.05, 4.69) is 0 Å². The molecule has 0 N–H and O–H groups in total. The van der Waals surface area contributed by atoms with Gasteiger partial charge in [-0.05, 0) is 37.6 Å². The van der Waals surface area contributed by atoms with E-state index in [-0.39, 0.29) is 11.8 Å². The number of carbonyl (C=O) groups excluding carboxylic acids is 1. The van der Waals surface area contributed by atoms with E-state index in [4.69, 9.17) is 4.74 Å². The molecule has 0 saturated carbocycles. The highest BCUT2D eigenvalue weighted by Gasteiger charge is 2.31. The molecule has 80 valence electrons. The van der Waals surface area contributed by atoms with Gasteiger partial charge in [0.1, 0.15) is 5.75 Å². The monoisotopic (exact) mass is 205 g/mol. The zero-order valence-corrected chi connectivity index (χ0v) is 9.28. The highest BCUT2D eigenvalue weighted by Crippen LogP contribution is 2.38. The smallest absolute Gasteiger partial charge is 0.234 e. The van der Waals surface area contributed by atoms with E-state index in [0.29, 0.717) is 6.61 Å². The van der Waals surface area contributed by atoms with E-state index < -0.39 is 0 Å². The van der Waals surface area contributed by atoms with Gasteiger partial charge in [0.25, 0.3) is 0 Å². The molecule has 1 aromatic rings. The predicted molar refractivity (Wildman–Crippen MR) is 59.4 cm³/mol. The van der Waals surface area contributed by atoms with Crippen molar-refractivity contribution < 1.29 is 9.53 Å². The van der Waals surface area contributed by atoms with Gasteiger partial charge in [0, 0.05) is 12.7 Å². The number of amides is 1. The number of likely N-dealkylation sites (N-methyl/N-ethyl adjacent to an activating group) is 1. The number of nitrogens with zero attached hydrogens (tertiary/aromatic N) is 1. The van der Waals surface area contributed by atoms with Gasteiger partial charge in [0.15, 0.2) is 0 Å². The topological polar surface area (TPSA) is 29.5 Å². The molecule has 0 aliphatic carbocycles. The Hall–Kier alpha value is -1.51. The minimum atomic E-state index is -0.0505. The molecule has 1 amide bonds. The van der Waals surface area contributed by atoms with Crippen molar-refractivity contribution in [2.75, 3.05) is 18.6 Å². The molecule has 2 rings (SSSR count). The molecule has 1 aliphatic rings. The molecule has 1 aromatic carbocycles. The highest BCUT2D eigenvalue weighted by molar-refractivity contribution is 6.04. The van der Waals surface area contributed by atoms with Crippen molar-refractivity contribution in [3.63, 3.8) is 0 Å². The van der Waals surface area contributed by atoms with Crippen LogP contribution >= 0.6 is 0 Å². The molecule has 0 radical (unpaired) electrons. The van der Waals surface area contributed by atoms with Crippen molar-refractivity contribution in [2.45, 2.75) is 19.8 Å². The largest absolute Gasteiger partial charge is 0.494 e. The van der Waals surface area contributed by atoms with Gasteiger partial charge < -0.3 is 9.64 Å². The summed E-state index contributed by atoms with van der Waals surface area (Å²) in [6, 6.07) is 5.82. The van der Waals surface area contributed by atoms with Crippen LogP contribution in [0.3, 0.4) is 0 Å². The lowest BCUT2D eigenvalue weighted by molar-refractivity contribution is -0.118. The average molecular weight is 205 g/mol. The number of benzene rings is 1. The van der Waals surface area contributed by atoms with E-state index in [0.717, 1.165) is 17.0 Å². The van der Waals surface area contributed by atoms with Gasteiger partial charge in [0.2, 0.25) is 5.91 Å². The maximum Gasteiger partial charge on any atom is 0.234 e. The fraction of sp³-hybridized carbons (Fsp3) is 0.417. The molecule has 1 aliphatic heterocycles. The summed E-state index contributed by atoms with van der Waals surface area (Å²) in [6.45, 7) is 4.53. The third-order valence-electron chi connectivity index (χ3n) is 2.84. The van der Waals surface area contributed by atoms with Crippen molar-refractivity contribution in [1.29, 1.82) is 0 Å². The molecular weight excluding hydrogens is 190 g/mol. The van der Waals surface area contributed by atoms with E-state index in [1.807, 2.05) is 39.1 Å². The first-order valence-electron chi connectivity index (χ1n) is 5.19. The summed E-state index contributed by atoms with van der Waals surface area (Å²) in [5.74, 6) is 0.940. The molecule has 3 heteroatoms. The Balaban J connectivity index is 2.42. The zero-order valence-electron chi connectivity index (χ0n) is 9.28. The molecule has 1 atom stereocenters. The van der Waals surface area contributed by atoms with Crippen LogP contribution in [0.15, 0.2) is 18.2 Å². The lowest BCUT2D eigenvalue weighted by Crippen LogP contribution is -2.22. The Labute approximate surface area is 89.7 Å². The fourth-order valence-electron chi connectivity index (χ4n) is 1.98. The molecular formula is C12H15NO2. The summed E-state index contributed by atoms with van der Waals surface area (Å²) in [7, 11) is 1.81. The molecule has 0 aromatic heterocycles. The Bertz CT molecular complexity index is 401. The lowest BCUT2D eigenvalue weighted by Gasteiger charge is -2.10. The number of ether oxygens (including phenoxy) is 1. The fourth-order valence-corrected chi connectivity index (χ4v) is 1.98. The second-order valence-corrected chi connectivity index (χ2v) is 3.77. The van der Waals surface area contributed by atoms with E-state index >= 15 is 0 Å². The predicted octanol–water partition coefficient (Wildman–Crippen LogP) is 2.17. The quantitative estimate of drug-likeness (QED) is 0.740. The SMILES string of the molecule is CCOc1ccc2c(c1)C(C)C(=O)N2C. The molecule has 0 saturated heterocycles. The normalized spacial score (nSPS) is 19.3. The summed E-state index contributed by atoms with van der Waals surface area (Å²) in [5.41, 5.74) is 2.06. The number of hydrogen-bond donors (Lipinski definition) is 0. The first kappa shape index (κ1) is 10.0. The number of fused-ring (bicyclic) bond motifs is 1. The highest BCUT2D eigenvalue weighted by atomic mass is 16.5. The molecule has 3 nitrogen and oxygen atoms in total. The standard InChI is InChI=1S/C12H15NO2/c1-4-15-9-5-6-11-10(7-9)8(2)12(14)13(11)3/h5-8H,4H2,1-3H3. The van der Waals surface area contributed by atoms with Crippen LogP contribution in [0.2, 0.25) is 0 Å². The Morgan fingerprint density at radius 2 is 2.20 bits per heavy atom. The van der Waals surface area contributed by atoms with Crippen molar-refractivity contribution in [3.05, 3.63) is 23.8 Å². The van der Waals surface area contributed by atoms with Gasteiger partial charge >= 0.3 is 0 Å². The second kappa shape index (κ2) is 3.57. The summed E-state index contributed by atoms with van der Waals surface area (Å²) in [5, 5.41) is 0. The minimum Gasteiger partial charge on any atom is -0.494 e. The van der Waals surface area contributed by atoms with Crippen molar-refractivity contribution >= 4 is 11.6 Å². The number of rotatable bonds is 2. The molecule has 0 fully saturated rings. The first-order chi connectivity index (χ1) is 7.15. The third kappa shape index (κ3) is 1.48. The lowest BCUT2D eigenvalue weighted by atomic mass is 10.0. The maximum absolute atomic E-state index is 11.7. The Morgan fingerprint density at radius 3 is 2.87 bits per heavy atom. The van der Waals surface area contributed by atoms with Gasteiger partial charge in [-0.25, -0.2) is 0 Å². The van der Waals surface area contributed by atoms with Crippen LogP contribution in [-0.2, 0) is 4.79 Å². The van der Waals surface area contributed by atoms with Gasteiger partial charge in [-0.2, -0.15) is 0 Å².